The van der Waals surface area contributed by atoms with Crippen LogP contribution in [0.4, 0.5) is 0 Å². The molecule has 50 valence electrons. The topological polar surface area (TPSA) is 0 Å². The van der Waals surface area contributed by atoms with Gasteiger partial charge < -0.3 is 0 Å². The molecule has 0 N–H and O–H groups in total. The van der Waals surface area contributed by atoms with E-state index in [2.05, 4.69) is 6.58 Å². The van der Waals surface area contributed by atoms with E-state index in [0.717, 1.165) is 11.1 Å². The molecule has 0 aromatic heterocycles. The second kappa shape index (κ2) is 3.28. The minimum absolute atomic E-state index is 0.899. The van der Waals surface area contributed by atoms with Crippen LogP contribution in [0.25, 0.3) is 5.57 Å². The van der Waals surface area contributed by atoms with Crippen LogP contribution in [0.1, 0.15) is 5.56 Å². The molecule has 0 aliphatic rings. The fourth-order valence-corrected chi connectivity index (χ4v) is 0.856. The third-order valence-corrected chi connectivity index (χ3v) is 1.57. The van der Waals surface area contributed by atoms with Gasteiger partial charge >= 0.3 is 0 Å². The van der Waals surface area contributed by atoms with E-state index in [0.29, 0.717) is 0 Å². The number of benzene rings is 1. The summed E-state index contributed by atoms with van der Waals surface area (Å²) in [6, 6.07) is 9.90. The number of hydrogen-bond donors (Lipinski definition) is 0. The van der Waals surface area contributed by atoms with E-state index < -0.39 is 0 Å². The largest absolute Gasteiger partial charge is 0.0903 e. The standard InChI is InChI=1S/C9H8S/c1-8(7-10)9-5-3-2-4-6-9/h2-7H,1H2. The first kappa shape index (κ1) is 7.16. The summed E-state index contributed by atoms with van der Waals surface area (Å²) in [5.74, 6) is 0. The van der Waals surface area contributed by atoms with Crippen molar-refractivity contribution in [1.82, 2.24) is 0 Å². The Morgan fingerprint density at radius 2 is 1.90 bits per heavy atom. The van der Waals surface area contributed by atoms with E-state index in [4.69, 9.17) is 12.2 Å². The zero-order valence-electron chi connectivity index (χ0n) is 5.58. The Labute approximate surface area is 66.2 Å². The van der Waals surface area contributed by atoms with Crippen molar-refractivity contribution < 1.29 is 0 Å². The van der Waals surface area contributed by atoms with Crippen molar-refractivity contribution in [3.8, 4) is 0 Å². The molecule has 0 saturated carbocycles. The smallest absolute Gasteiger partial charge is 0.00861 e. The van der Waals surface area contributed by atoms with E-state index >= 15 is 0 Å². The maximum atomic E-state index is 4.73. The molecule has 0 saturated heterocycles. The molecule has 0 aliphatic heterocycles. The fraction of sp³-hybridized carbons (Fsp3) is 0. The lowest BCUT2D eigenvalue weighted by Crippen LogP contribution is -1.78. The van der Waals surface area contributed by atoms with Gasteiger partial charge in [0.05, 0.1) is 0 Å². The molecule has 0 spiro atoms. The highest BCUT2D eigenvalue weighted by atomic mass is 32.1. The van der Waals surface area contributed by atoms with Gasteiger partial charge in [0.15, 0.2) is 0 Å². The molecule has 0 atom stereocenters. The highest BCUT2D eigenvalue weighted by Gasteiger charge is 1.89. The van der Waals surface area contributed by atoms with Gasteiger partial charge in [0.25, 0.3) is 0 Å². The average molecular weight is 148 g/mol. The van der Waals surface area contributed by atoms with Gasteiger partial charge in [0.1, 0.15) is 0 Å². The fourth-order valence-electron chi connectivity index (χ4n) is 0.720. The van der Waals surface area contributed by atoms with Gasteiger partial charge in [-0.3, -0.25) is 0 Å². The van der Waals surface area contributed by atoms with Crippen molar-refractivity contribution in [1.29, 1.82) is 0 Å². The van der Waals surface area contributed by atoms with Gasteiger partial charge in [0.2, 0.25) is 0 Å². The maximum absolute atomic E-state index is 4.73. The molecule has 0 fully saturated rings. The summed E-state index contributed by atoms with van der Waals surface area (Å²) < 4.78 is 0. The highest BCUT2D eigenvalue weighted by molar-refractivity contribution is 7.79. The average Bonchev–Trinajstić information content (AvgIpc) is 2.05. The van der Waals surface area contributed by atoms with E-state index in [-0.39, 0.29) is 0 Å². The first-order valence-corrected chi connectivity index (χ1v) is 3.51. The summed E-state index contributed by atoms with van der Waals surface area (Å²) in [7, 11) is 0. The Balaban J connectivity index is 2.95. The van der Waals surface area contributed by atoms with Crippen LogP contribution in [0, 0.1) is 0 Å². The SMILES string of the molecule is C=C(C=S)c1ccccc1. The Morgan fingerprint density at radius 1 is 1.30 bits per heavy atom. The summed E-state index contributed by atoms with van der Waals surface area (Å²) in [5, 5.41) is 1.59. The van der Waals surface area contributed by atoms with Crippen LogP contribution < -0.4 is 0 Å². The van der Waals surface area contributed by atoms with Gasteiger partial charge in [-0.15, -0.1) is 0 Å². The van der Waals surface area contributed by atoms with E-state index in [9.17, 15) is 0 Å². The van der Waals surface area contributed by atoms with Crippen molar-refractivity contribution in [2.45, 2.75) is 0 Å². The molecule has 1 aromatic carbocycles. The van der Waals surface area contributed by atoms with Crippen LogP contribution in [-0.2, 0) is 0 Å². The second-order valence-electron chi connectivity index (χ2n) is 2.01. The first-order chi connectivity index (χ1) is 4.84. The van der Waals surface area contributed by atoms with Gasteiger partial charge in [-0.2, -0.15) is 0 Å². The summed E-state index contributed by atoms with van der Waals surface area (Å²) in [5.41, 5.74) is 1.99. The van der Waals surface area contributed by atoms with Crippen LogP contribution in [0.5, 0.6) is 0 Å². The normalized spacial score (nSPS) is 8.80. The van der Waals surface area contributed by atoms with Crippen molar-refractivity contribution in [2.75, 3.05) is 0 Å². The third kappa shape index (κ3) is 1.52. The Hall–Kier alpha value is -0.950. The summed E-state index contributed by atoms with van der Waals surface area (Å²) in [6.45, 7) is 3.78. The van der Waals surface area contributed by atoms with Crippen LogP contribution in [0.3, 0.4) is 0 Å². The monoisotopic (exact) mass is 148 g/mol. The summed E-state index contributed by atoms with van der Waals surface area (Å²) >= 11 is 4.73. The van der Waals surface area contributed by atoms with Crippen LogP contribution >= 0.6 is 12.2 Å². The van der Waals surface area contributed by atoms with Crippen molar-refractivity contribution in [3.05, 3.63) is 42.5 Å². The number of allylic oxidation sites excluding steroid dienone is 1. The molecule has 0 unspecified atom stereocenters. The molecule has 1 aromatic rings. The zero-order chi connectivity index (χ0) is 7.40. The number of hydrogen-bond acceptors (Lipinski definition) is 1. The molecular weight excluding hydrogens is 140 g/mol. The molecule has 0 bridgehead atoms. The minimum Gasteiger partial charge on any atom is -0.0903 e. The molecule has 1 rings (SSSR count). The van der Waals surface area contributed by atoms with Gasteiger partial charge in [-0.1, -0.05) is 49.1 Å². The molecule has 0 amide bonds. The van der Waals surface area contributed by atoms with Crippen LogP contribution in [0.2, 0.25) is 0 Å². The van der Waals surface area contributed by atoms with Crippen LogP contribution in [0.15, 0.2) is 36.9 Å². The zero-order valence-corrected chi connectivity index (χ0v) is 6.40. The maximum Gasteiger partial charge on any atom is 0.00861 e. The Morgan fingerprint density at radius 3 is 2.40 bits per heavy atom. The van der Waals surface area contributed by atoms with Gasteiger partial charge in [-0.25, -0.2) is 0 Å². The molecule has 0 aliphatic carbocycles. The summed E-state index contributed by atoms with van der Waals surface area (Å²) in [6.07, 6.45) is 0. The predicted octanol–water partition coefficient (Wildman–Crippen LogP) is 2.70. The third-order valence-electron chi connectivity index (χ3n) is 1.29. The lowest BCUT2D eigenvalue weighted by atomic mass is 10.1. The van der Waals surface area contributed by atoms with Crippen molar-refractivity contribution >= 4 is 23.2 Å². The van der Waals surface area contributed by atoms with Crippen molar-refractivity contribution in [3.63, 3.8) is 0 Å². The highest BCUT2D eigenvalue weighted by Crippen LogP contribution is 2.08. The molecule has 0 radical (unpaired) electrons. The number of thiocarbonyl (C=S) groups is 1. The molecule has 10 heavy (non-hydrogen) atoms. The van der Waals surface area contributed by atoms with Crippen molar-refractivity contribution in [2.24, 2.45) is 0 Å². The Bertz CT molecular complexity index is 236. The van der Waals surface area contributed by atoms with Gasteiger partial charge in [0, 0.05) is 5.37 Å². The predicted molar refractivity (Wildman–Crippen MR) is 49.1 cm³/mol. The molecular formula is C9H8S. The minimum atomic E-state index is 0.899. The Kier molecular flexibility index (Phi) is 2.35. The van der Waals surface area contributed by atoms with E-state index in [1.54, 1.807) is 5.37 Å². The summed E-state index contributed by atoms with van der Waals surface area (Å²) in [4.78, 5) is 0. The number of rotatable bonds is 2. The van der Waals surface area contributed by atoms with Crippen LogP contribution in [-0.4, -0.2) is 5.37 Å². The van der Waals surface area contributed by atoms with Gasteiger partial charge in [-0.05, 0) is 11.1 Å². The molecule has 0 heterocycles. The quantitative estimate of drug-likeness (QED) is 0.459. The van der Waals surface area contributed by atoms with E-state index in [1.807, 2.05) is 30.3 Å². The lowest BCUT2D eigenvalue weighted by Gasteiger charge is -1.95. The molecule has 0 nitrogen and oxygen atoms in total. The molecule has 1 heteroatoms. The first-order valence-electron chi connectivity index (χ1n) is 3.04. The lowest BCUT2D eigenvalue weighted by molar-refractivity contribution is 1.65. The van der Waals surface area contributed by atoms with E-state index in [1.165, 1.54) is 0 Å². The second-order valence-corrected chi connectivity index (χ2v) is 2.24.